The van der Waals surface area contributed by atoms with E-state index < -0.39 is 6.09 Å². The summed E-state index contributed by atoms with van der Waals surface area (Å²) in [5, 5.41) is 6.92. The minimum absolute atomic E-state index is 0.434. The van der Waals surface area contributed by atoms with Crippen LogP contribution in [0.25, 0.3) is 11.3 Å². The molecule has 1 heterocycles. The second-order valence-electron chi connectivity index (χ2n) is 5.24. The Morgan fingerprint density at radius 1 is 1.16 bits per heavy atom. The van der Waals surface area contributed by atoms with Gasteiger partial charge in [-0.2, -0.15) is 5.10 Å². The highest BCUT2D eigenvalue weighted by atomic mass is 79.9. The molecule has 128 valence electrons. The first-order valence-corrected chi connectivity index (χ1v) is 8.27. The molecule has 1 aromatic heterocycles. The summed E-state index contributed by atoms with van der Waals surface area (Å²) in [5.41, 5.74) is 2.48. The lowest BCUT2D eigenvalue weighted by atomic mass is 10.1. The van der Waals surface area contributed by atoms with Crippen LogP contribution in [0, 0.1) is 0 Å². The molecule has 25 heavy (non-hydrogen) atoms. The number of rotatable bonds is 4. The molecular formula is C18H16BrN3O3. The number of nitrogens with one attached hydrogen (secondary N) is 1. The van der Waals surface area contributed by atoms with Crippen LogP contribution in [0.15, 0.2) is 59.2 Å². The fraction of sp³-hybridized carbons (Fsp3) is 0.111. The Balaban J connectivity index is 1.72. The highest BCUT2D eigenvalue weighted by molar-refractivity contribution is 9.10. The highest BCUT2D eigenvalue weighted by Crippen LogP contribution is 2.29. The second-order valence-corrected chi connectivity index (χ2v) is 6.09. The van der Waals surface area contributed by atoms with E-state index in [4.69, 9.17) is 9.47 Å². The van der Waals surface area contributed by atoms with Crippen molar-refractivity contribution in [2.24, 2.45) is 7.05 Å². The molecule has 0 aliphatic rings. The summed E-state index contributed by atoms with van der Waals surface area (Å²) in [5.74, 6) is 1.13. The van der Waals surface area contributed by atoms with Gasteiger partial charge < -0.3 is 9.47 Å². The number of anilines is 1. The molecule has 0 saturated carbocycles. The lowest BCUT2D eigenvalue weighted by Crippen LogP contribution is -2.16. The standard InChI is InChI=1S/C18H16BrN3O3/c1-22-17(16(19)11-20-22)12-4-3-5-13(10-12)21-18(23)25-15-8-6-14(24-2)7-9-15/h3-11H,1-2H3,(H,21,23). The van der Waals surface area contributed by atoms with Crippen molar-refractivity contribution in [3.05, 3.63) is 59.2 Å². The van der Waals surface area contributed by atoms with Crippen molar-refractivity contribution in [1.29, 1.82) is 0 Å². The first-order chi connectivity index (χ1) is 12.1. The molecule has 0 radical (unpaired) electrons. The summed E-state index contributed by atoms with van der Waals surface area (Å²) in [6, 6.07) is 14.2. The van der Waals surface area contributed by atoms with Crippen molar-refractivity contribution in [3.63, 3.8) is 0 Å². The van der Waals surface area contributed by atoms with Gasteiger partial charge in [-0.15, -0.1) is 0 Å². The first kappa shape index (κ1) is 17.0. The largest absolute Gasteiger partial charge is 0.497 e. The smallest absolute Gasteiger partial charge is 0.417 e. The highest BCUT2D eigenvalue weighted by Gasteiger charge is 2.11. The molecule has 0 bridgehead atoms. The summed E-state index contributed by atoms with van der Waals surface area (Å²) in [7, 11) is 3.44. The van der Waals surface area contributed by atoms with Crippen LogP contribution >= 0.6 is 15.9 Å². The van der Waals surface area contributed by atoms with Crippen LogP contribution in [0.3, 0.4) is 0 Å². The Morgan fingerprint density at radius 2 is 1.88 bits per heavy atom. The number of carbonyl (C=O) groups is 1. The summed E-state index contributed by atoms with van der Waals surface area (Å²) in [6.45, 7) is 0. The molecule has 0 unspecified atom stereocenters. The van der Waals surface area contributed by atoms with Crippen LogP contribution in [-0.4, -0.2) is 23.0 Å². The van der Waals surface area contributed by atoms with Crippen molar-refractivity contribution in [2.45, 2.75) is 0 Å². The molecule has 3 rings (SSSR count). The van der Waals surface area contributed by atoms with Crippen LogP contribution in [-0.2, 0) is 7.05 Å². The molecule has 0 aliphatic heterocycles. The van der Waals surface area contributed by atoms with E-state index in [1.807, 2.05) is 25.2 Å². The molecule has 0 atom stereocenters. The Hall–Kier alpha value is -2.80. The van der Waals surface area contributed by atoms with Gasteiger partial charge >= 0.3 is 6.09 Å². The minimum Gasteiger partial charge on any atom is -0.497 e. The lowest BCUT2D eigenvalue weighted by molar-refractivity contribution is 0.215. The van der Waals surface area contributed by atoms with E-state index in [1.165, 1.54) is 0 Å². The number of benzene rings is 2. The van der Waals surface area contributed by atoms with Crippen molar-refractivity contribution in [1.82, 2.24) is 9.78 Å². The van der Waals surface area contributed by atoms with E-state index >= 15 is 0 Å². The summed E-state index contributed by atoms with van der Waals surface area (Å²) in [4.78, 5) is 12.1. The van der Waals surface area contributed by atoms with Gasteiger partial charge in [0.25, 0.3) is 0 Å². The maximum Gasteiger partial charge on any atom is 0.417 e. The third-order valence-corrected chi connectivity index (χ3v) is 4.13. The fourth-order valence-electron chi connectivity index (χ4n) is 2.37. The van der Waals surface area contributed by atoms with Crippen molar-refractivity contribution < 1.29 is 14.3 Å². The van der Waals surface area contributed by atoms with Crippen LogP contribution in [0.1, 0.15) is 0 Å². The first-order valence-electron chi connectivity index (χ1n) is 7.47. The number of carbonyl (C=O) groups excluding carboxylic acids is 1. The zero-order chi connectivity index (χ0) is 17.8. The third kappa shape index (κ3) is 4.00. The molecule has 0 aliphatic carbocycles. The van der Waals surface area contributed by atoms with Gasteiger partial charge in [-0.05, 0) is 52.3 Å². The van der Waals surface area contributed by atoms with Gasteiger partial charge in [0, 0.05) is 18.3 Å². The molecule has 6 nitrogen and oxygen atoms in total. The van der Waals surface area contributed by atoms with Gasteiger partial charge in [0.1, 0.15) is 11.5 Å². The summed E-state index contributed by atoms with van der Waals surface area (Å²) >= 11 is 3.48. The Bertz CT molecular complexity index is 871. The van der Waals surface area contributed by atoms with Crippen LogP contribution in [0.5, 0.6) is 11.5 Å². The topological polar surface area (TPSA) is 65.4 Å². The summed E-state index contributed by atoms with van der Waals surface area (Å²) < 4.78 is 13.0. The van der Waals surface area contributed by atoms with Gasteiger partial charge in [-0.3, -0.25) is 10.00 Å². The average Bonchev–Trinajstić information content (AvgIpc) is 2.94. The number of hydrogen-bond donors (Lipinski definition) is 1. The lowest BCUT2D eigenvalue weighted by Gasteiger charge is -2.09. The number of ether oxygens (including phenoxy) is 2. The monoisotopic (exact) mass is 401 g/mol. The van der Waals surface area contributed by atoms with Gasteiger partial charge in [-0.1, -0.05) is 12.1 Å². The van der Waals surface area contributed by atoms with Crippen molar-refractivity contribution in [3.8, 4) is 22.8 Å². The van der Waals surface area contributed by atoms with Crippen LogP contribution < -0.4 is 14.8 Å². The van der Waals surface area contributed by atoms with E-state index in [-0.39, 0.29) is 0 Å². The average molecular weight is 402 g/mol. The van der Waals surface area contributed by atoms with Gasteiger partial charge in [0.15, 0.2) is 0 Å². The molecule has 2 aromatic carbocycles. The van der Waals surface area contributed by atoms with E-state index in [2.05, 4.69) is 26.3 Å². The van der Waals surface area contributed by atoms with Gasteiger partial charge in [0.05, 0.1) is 23.5 Å². The van der Waals surface area contributed by atoms with Crippen LogP contribution in [0.2, 0.25) is 0 Å². The number of hydrogen-bond acceptors (Lipinski definition) is 4. The predicted octanol–water partition coefficient (Wildman–Crippen LogP) is 4.47. The van der Waals surface area contributed by atoms with E-state index in [1.54, 1.807) is 48.3 Å². The number of amides is 1. The molecule has 1 amide bonds. The Morgan fingerprint density at radius 3 is 2.52 bits per heavy atom. The Kier molecular flexibility index (Phi) is 5.04. The van der Waals surface area contributed by atoms with E-state index in [0.29, 0.717) is 17.2 Å². The van der Waals surface area contributed by atoms with E-state index in [9.17, 15) is 4.79 Å². The SMILES string of the molecule is COc1ccc(OC(=O)Nc2cccc(-c3c(Br)cnn3C)c2)cc1. The zero-order valence-electron chi connectivity index (χ0n) is 13.7. The van der Waals surface area contributed by atoms with Gasteiger partial charge in [-0.25, -0.2) is 4.79 Å². The molecule has 7 heteroatoms. The quantitative estimate of drug-likeness (QED) is 0.700. The number of aryl methyl sites for hydroxylation is 1. The van der Waals surface area contributed by atoms with Crippen LogP contribution in [0.4, 0.5) is 10.5 Å². The summed E-state index contributed by atoms with van der Waals surface area (Å²) in [6.07, 6.45) is 1.17. The Labute approximate surface area is 153 Å². The zero-order valence-corrected chi connectivity index (χ0v) is 15.3. The second kappa shape index (κ2) is 7.40. The number of aromatic nitrogens is 2. The molecule has 0 fully saturated rings. The molecule has 0 spiro atoms. The maximum absolute atomic E-state index is 12.1. The molecule has 3 aromatic rings. The number of nitrogens with zero attached hydrogens (tertiary/aromatic N) is 2. The number of halogens is 1. The van der Waals surface area contributed by atoms with Crippen molar-refractivity contribution in [2.75, 3.05) is 12.4 Å². The maximum atomic E-state index is 12.1. The predicted molar refractivity (Wildman–Crippen MR) is 99.0 cm³/mol. The number of methoxy groups -OCH3 is 1. The van der Waals surface area contributed by atoms with E-state index in [0.717, 1.165) is 15.7 Å². The normalized spacial score (nSPS) is 10.4. The fourth-order valence-corrected chi connectivity index (χ4v) is 2.95. The molecule has 0 saturated heterocycles. The van der Waals surface area contributed by atoms with Gasteiger partial charge in [0.2, 0.25) is 0 Å². The minimum atomic E-state index is -0.564. The molecule has 1 N–H and O–H groups in total. The third-order valence-electron chi connectivity index (χ3n) is 3.55. The van der Waals surface area contributed by atoms with Crippen molar-refractivity contribution >= 4 is 27.7 Å². The molecular weight excluding hydrogens is 386 g/mol.